The van der Waals surface area contributed by atoms with E-state index in [1.165, 1.54) is 12.1 Å². The zero-order chi connectivity index (χ0) is 23.5. The second-order valence-corrected chi connectivity index (χ2v) is 9.70. The Morgan fingerprint density at radius 1 is 1.16 bits per heavy atom. The van der Waals surface area contributed by atoms with Crippen LogP contribution >= 0.6 is 11.3 Å². The van der Waals surface area contributed by atoms with Crippen LogP contribution in [-0.2, 0) is 16.6 Å². The molecule has 1 aromatic heterocycles. The van der Waals surface area contributed by atoms with Crippen LogP contribution < -0.4 is 4.74 Å². The van der Waals surface area contributed by atoms with Gasteiger partial charge in [0.1, 0.15) is 10.8 Å². The standard InChI is InChI=1S/C25H27F2NO3S/c1-15-13-20(11-9-17(15)10-12-21(29)30)31-14-25(3,4)22-16(2)32-24(28-22)19-7-5-18(6-8-19)23(26)27/h5-9,11,13,23H,10,12,14H2,1-4H3,(H,29,30). The van der Waals surface area contributed by atoms with Crippen molar-refractivity contribution in [1.82, 2.24) is 4.98 Å². The van der Waals surface area contributed by atoms with E-state index in [1.807, 2.05) is 32.0 Å². The number of alkyl halides is 2. The number of carbonyl (C=O) groups is 1. The highest BCUT2D eigenvalue weighted by Gasteiger charge is 2.28. The van der Waals surface area contributed by atoms with E-state index in [1.54, 1.807) is 23.5 Å². The van der Waals surface area contributed by atoms with Gasteiger partial charge in [-0.1, -0.05) is 44.2 Å². The van der Waals surface area contributed by atoms with Crippen LogP contribution in [0.25, 0.3) is 10.6 Å². The van der Waals surface area contributed by atoms with E-state index >= 15 is 0 Å². The molecule has 0 unspecified atom stereocenters. The minimum Gasteiger partial charge on any atom is -0.493 e. The van der Waals surface area contributed by atoms with E-state index in [4.69, 9.17) is 14.8 Å². The van der Waals surface area contributed by atoms with E-state index in [0.29, 0.717) is 13.0 Å². The smallest absolute Gasteiger partial charge is 0.303 e. The van der Waals surface area contributed by atoms with Gasteiger partial charge in [-0.05, 0) is 43.5 Å². The summed E-state index contributed by atoms with van der Waals surface area (Å²) < 4.78 is 31.7. The molecule has 0 bridgehead atoms. The average molecular weight is 460 g/mol. The van der Waals surface area contributed by atoms with Gasteiger partial charge in [0.25, 0.3) is 6.43 Å². The number of carboxylic acid groups (broad SMARTS) is 1. The van der Waals surface area contributed by atoms with Gasteiger partial charge in [-0.2, -0.15) is 0 Å². The minimum absolute atomic E-state index is 0.000235. The summed E-state index contributed by atoms with van der Waals surface area (Å²) in [5.74, 6) is -0.0835. The second-order valence-electron chi connectivity index (χ2n) is 8.50. The van der Waals surface area contributed by atoms with Crippen molar-refractivity contribution in [1.29, 1.82) is 0 Å². The molecule has 0 aliphatic carbocycles. The summed E-state index contributed by atoms with van der Waals surface area (Å²) in [6.45, 7) is 8.49. The van der Waals surface area contributed by atoms with Crippen LogP contribution in [0.2, 0.25) is 0 Å². The summed E-state index contributed by atoms with van der Waals surface area (Å²) in [5.41, 5.74) is 3.37. The van der Waals surface area contributed by atoms with Gasteiger partial charge in [-0.15, -0.1) is 11.3 Å². The van der Waals surface area contributed by atoms with Crippen LogP contribution in [-0.4, -0.2) is 22.7 Å². The van der Waals surface area contributed by atoms with Crippen molar-refractivity contribution in [2.24, 2.45) is 0 Å². The Hall–Kier alpha value is -2.80. The monoisotopic (exact) mass is 459 g/mol. The normalized spacial score (nSPS) is 11.7. The molecule has 0 atom stereocenters. The van der Waals surface area contributed by atoms with Crippen molar-refractivity contribution >= 4 is 17.3 Å². The molecular weight excluding hydrogens is 432 g/mol. The molecule has 170 valence electrons. The largest absolute Gasteiger partial charge is 0.493 e. The van der Waals surface area contributed by atoms with Gasteiger partial charge in [-0.3, -0.25) is 4.79 Å². The lowest BCUT2D eigenvalue weighted by Gasteiger charge is -2.24. The van der Waals surface area contributed by atoms with Crippen LogP contribution in [0.4, 0.5) is 8.78 Å². The fraction of sp³-hybridized carbons (Fsp3) is 0.360. The first kappa shape index (κ1) is 23.9. The molecule has 0 radical (unpaired) electrons. The molecule has 4 nitrogen and oxygen atoms in total. The number of hydrogen-bond acceptors (Lipinski definition) is 4. The zero-order valence-corrected chi connectivity index (χ0v) is 19.4. The molecule has 1 heterocycles. The molecule has 32 heavy (non-hydrogen) atoms. The minimum atomic E-state index is -2.48. The summed E-state index contributed by atoms with van der Waals surface area (Å²) in [6.07, 6.45) is -1.89. The molecule has 0 saturated carbocycles. The van der Waals surface area contributed by atoms with E-state index in [0.717, 1.165) is 38.0 Å². The number of rotatable bonds is 9. The Bertz CT molecular complexity index is 1090. The van der Waals surface area contributed by atoms with Gasteiger partial charge in [0.2, 0.25) is 0 Å². The summed E-state index contributed by atoms with van der Waals surface area (Å²) in [7, 11) is 0. The van der Waals surface area contributed by atoms with Crippen molar-refractivity contribution < 1.29 is 23.4 Å². The molecule has 3 aromatic rings. The molecule has 0 saturated heterocycles. The van der Waals surface area contributed by atoms with Crippen LogP contribution in [0.15, 0.2) is 42.5 Å². The SMILES string of the molecule is Cc1cc(OCC(C)(C)c2nc(-c3ccc(C(F)F)cc3)sc2C)ccc1CCC(=O)O. The third kappa shape index (κ3) is 5.71. The fourth-order valence-electron chi connectivity index (χ4n) is 3.53. The van der Waals surface area contributed by atoms with Gasteiger partial charge < -0.3 is 9.84 Å². The van der Waals surface area contributed by atoms with E-state index in [9.17, 15) is 13.6 Å². The number of carboxylic acids is 1. The Morgan fingerprint density at radius 3 is 2.44 bits per heavy atom. The molecule has 0 amide bonds. The predicted octanol–water partition coefficient (Wildman–Crippen LogP) is 6.74. The number of hydrogen-bond donors (Lipinski definition) is 1. The third-order valence-corrected chi connectivity index (χ3v) is 6.39. The van der Waals surface area contributed by atoms with E-state index in [2.05, 4.69) is 13.8 Å². The maximum absolute atomic E-state index is 12.8. The number of nitrogens with zero attached hydrogens (tertiary/aromatic N) is 1. The second kappa shape index (κ2) is 9.77. The topological polar surface area (TPSA) is 59.4 Å². The molecule has 0 spiro atoms. The van der Waals surface area contributed by atoms with E-state index < -0.39 is 12.4 Å². The first-order valence-electron chi connectivity index (χ1n) is 10.4. The number of ether oxygens (including phenoxy) is 1. The van der Waals surface area contributed by atoms with Gasteiger partial charge in [0, 0.05) is 27.8 Å². The number of benzene rings is 2. The highest BCUT2D eigenvalue weighted by atomic mass is 32.1. The number of thiazole rings is 1. The highest BCUT2D eigenvalue weighted by Crippen LogP contribution is 2.35. The molecule has 0 aliphatic heterocycles. The Kier molecular flexibility index (Phi) is 7.29. The predicted molar refractivity (Wildman–Crippen MR) is 123 cm³/mol. The summed E-state index contributed by atoms with van der Waals surface area (Å²) in [4.78, 5) is 16.7. The highest BCUT2D eigenvalue weighted by molar-refractivity contribution is 7.15. The lowest BCUT2D eigenvalue weighted by Crippen LogP contribution is -2.27. The lowest BCUT2D eigenvalue weighted by molar-refractivity contribution is -0.136. The Balaban J connectivity index is 1.71. The van der Waals surface area contributed by atoms with Crippen molar-refractivity contribution in [3.8, 4) is 16.3 Å². The van der Waals surface area contributed by atoms with Crippen molar-refractivity contribution in [2.45, 2.75) is 52.4 Å². The quantitative estimate of drug-likeness (QED) is 0.385. The molecule has 7 heteroatoms. The zero-order valence-electron chi connectivity index (χ0n) is 18.6. The summed E-state index contributed by atoms with van der Waals surface area (Å²) >= 11 is 1.54. The van der Waals surface area contributed by atoms with Crippen LogP contribution in [0.3, 0.4) is 0 Å². The molecule has 1 N–H and O–H groups in total. The van der Waals surface area contributed by atoms with E-state index in [-0.39, 0.29) is 17.4 Å². The van der Waals surface area contributed by atoms with Crippen LogP contribution in [0.5, 0.6) is 5.75 Å². The number of aromatic nitrogens is 1. The number of aryl methyl sites for hydroxylation is 3. The molecular formula is C25H27F2NO3S. The maximum atomic E-state index is 12.8. The lowest BCUT2D eigenvalue weighted by atomic mass is 9.89. The molecule has 0 fully saturated rings. The Labute approximate surface area is 190 Å². The Morgan fingerprint density at radius 2 is 1.84 bits per heavy atom. The van der Waals surface area contributed by atoms with Gasteiger partial charge in [0.15, 0.2) is 0 Å². The van der Waals surface area contributed by atoms with Crippen LogP contribution in [0.1, 0.15) is 54.0 Å². The summed E-state index contributed by atoms with van der Waals surface area (Å²) in [6, 6.07) is 11.9. The van der Waals surface area contributed by atoms with Gasteiger partial charge >= 0.3 is 5.97 Å². The van der Waals surface area contributed by atoms with Gasteiger partial charge in [0.05, 0.1) is 12.3 Å². The van der Waals surface area contributed by atoms with Crippen molar-refractivity contribution in [2.75, 3.05) is 6.61 Å². The number of halogens is 2. The average Bonchev–Trinajstić information content (AvgIpc) is 3.14. The van der Waals surface area contributed by atoms with Gasteiger partial charge in [-0.25, -0.2) is 13.8 Å². The summed E-state index contributed by atoms with van der Waals surface area (Å²) in [5, 5.41) is 9.67. The molecule has 0 aliphatic rings. The third-order valence-electron chi connectivity index (χ3n) is 5.37. The maximum Gasteiger partial charge on any atom is 0.303 e. The fourth-order valence-corrected chi connectivity index (χ4v) is 4.63. The number of aliphatic carboxylic acids is 1. The first-order valence-corrected chi connectivity index (χ1v) is 11.2. The van der Waals surface area contributed by atoms with Crippen molar-refractivity contribution in [3.05, 3.63) is 69.7 Å². The molecule has 3 rings (SSSR count). The first-order chi connectivity index (χ1) is 15.1. The van der Waals surface area contributed by atoms with Crippen LogP contribution in [0, 0.1) is 13.8 Å². The molecule has 2 aromatic carbocycles. The van der Waals surface area contributed by atoms with Crippen molar-refractivity contribution in [3.63, 3.8) is 0 Å².